The van der Waals surface area contributed by atoms with E-state index in [4.69, 9.17) is 0 Å². The molecule has 2 amide bonds. The number of rotatable bonds is 4. The Morgan fingerprint density at radius 2 is 1.41 bits per heavy atom. The predicted octanol–water partition coefficient (Wildman–Crippen LogP) is 3.54. The molecule has 0 bridgehead atoms. The molecule has 0 radical (unpaired) electrons. The summed E-state index contributed by atoms with van der Waals surface area (Å²) in [6.07, 6.45) is 0. The highest BCUT2D eigenvalue weighted by atomic mass is 19.1. The van der Waals surface area contributed by atoms with Crippen molar-refractivity contribution in [3.05, 3.63) is 102 Å². The zero-order valence-corrected chi connectivity index (χ0v) is 15.5. The van der Waals surface area contributed by atoms with Gasteiger partial charge in [-0.15, -0.1) is 0 Å². The summed E-state index contributed by atoms with van der Waals surface area (Å²) < 4.78 is 13.2. The summed E-state index contributed by atoms with van der Waals surface area (Å²) in [5, 5.41) is 2.75. The van der Waals surface area contributed by atoms with Gasteiger partial charge >= 0.3 is 0 Å². The van der Waals surface area contributed by atoms with Gasteiger partial charge in [-0.1, -0.05) is 60.7 Å². The standard InChI is InChI=1S/C23H20FN3O2/c24-17-11-13-18(14-12-17)25-22(28)20-19(15-7-3-1-4-8-15)21(26-27-23(20)29)16-9-5-2-6-10-16/h1-14,19-21,26H,(H,25,28)(H,27,29). The first-order chi connectivity index (χ1) is 14.1. The van der Waals surface area contributed by atoms with Crippen molar-refractivity contribution < 1.29 is 14.0 Å². The summed E-state index contributed by atoms with van der Waals surface area (Å²) in [5.74, 6) is -2.63. The molecule has 1 aliphatic rings. The zero-order chi connectivity index (χ0) is 20.2. The minimum Gasteiger partial charge on any atom is -0.325 e. The van der Waals surface area contributed by atoms with Gasteiger partial charge in [-0.2, -0.15) is 0 Å². The van der Waals surface area contributed by atoms with Crippen molar-refractivity contribution in [1.29, 1.82) is 0 Å². The second kappa shape index (κ2) is 8.24. The van der Waals surface area contributed by atoms with Crippen LogP contribution < -0.4 is 16.2 Å². The molecule has 0 saturated carbocycles. The molecule has 1 saturated heterocycles. The van der Waals surface area contributed by atoms with Crippen molar-refractivity contribution in [1.82, 2.24) is 10.9 Å². The quantitative estimate of drug-likeness (QED) is 0.598. The minimum atomic E-state index is -0.964. The number of benzene rings is 3. The average molecular weight is 389 g/mol. The van der Waals surface area contributed by atoms with Crippen LogP contribution in [0.2, 0.25) is 0 Å². The Morgan fingerprint density at radius 3 is 2.03 bits per heavy atom. The van der Waals surface area contributed by atoms with Gasteiger partial charge in [0.15, 0.2) is 0 Å². The highest BCUT2D eigenvalue weighted by Gasteiger charge is 2.44. The summed E-state index contributed by atoms with van der Waals surface area (Å²) in [4.78, 5) is 25.9. The van der Waals surface area contributed by atoms with Crippen LogP contribution in [0.1, 0.15) is 23.1 Å². The monoisotopic (exact) mass is 389 g/mol. The molecule has 146 valence electrons. The molecular weight excluding hydrogens is 369 g/mol. The molecule has 4 rings (SSSR count). The number of carbonyl (C=O) groups excluding carboxylic acids is 2. The Bertz CT molecular complexity index is 994. The molecule has 1 fully saturated rings. The van der Waals surface area contributed by atoms with E-state index in [0.717, 1.165) is 11.1 Å². The van der Waals surface area contributed by atoms with E-state index in [9.17, 15) is 14.0 Å². The number of anilines is 1. The molecule has 1 heterocycles. The molecule has 0 spiro atoms. The number of hydrogen-bond acceptors (Lipinski definition) is 3. The van der Waals surface area contributed by atoms with Crippen LogP contribution in [0.25, 0.3) is 0 Å². The Hall–Kier alpha value is -3.51. The Kier molecular flexibility index (Phi) is 5.35. The summed E-state index contributed by atoms with van der Waals surface area (Å²) in [5.41, 5.74) is 7.98. The molecule has 6 heteroatoms. The molecule has 5 nitrogen and oxygen atoms in total. The molecule has 3 aromatic rings. The SMILES string of the molecule is O=C1NNC(c2ccccc2)C(c2ccccc2)C1C(=O)Nc1ccc(F)cc1. The van der Waals surface area contributed by atoms with Crippen molar-refractivity contribution in [3.8, 4) is 0 Å². The van der Waals surface area contributed by atoms with E-state index in [1.807, 2.05) is 60.7 Å². The highest BCUT2D eigenvalue weighted by Crippen LogP contribution is 2.39. The lowest BCUT2D eigenvalue weighted by atomic mass is 9.76. The Balaban J connectivity index is 1.71. The van der Waals surface area contributed by atoms with Crippen LogP contribution in [0.5, 0.6) is 0 Å². The van der Waals surface area contributed by atoms with Gasteiger partial charge in [0.2, 0.25) is 11.8 Å². The maximum atomic E-state index is 13.2. The van der Waals surface area contributed by atoms with E-state index >= 15 is 0 Å². The predicted molar refractivity (Wildman–Crippen MR) is 108 cm³/mol. The molecule has 1 aliphatic heterocycles. The fourth-order valence-electron chi connectivity index (χ4n) is 3.72. The summed E-state index contributed by atoms with van der Waals surface area (Å²) in [7, 11) is 0. The Morgan fingerprint density at radius 1 is 0.828 bits per heavy atom. The fourth-order valence-corrected chi connectivity index (χ4v) is 3.72. The average Bonchev–Trinajstić information content (AvgIpc) is 2.76. The van der Waals surface area contributed by atoms with Crippen molar-refractivity contribution in [2.75, 3.05) is 5.32 Å². The summed E-state index contributed by atoms with van der Waals surface area (Å²) >= 11 is 0. The summed E-state index contributed by atoms with van der Waals surface area (Å²) in [6.45, 7) is 0. The maximum Gasteiger partial charge on any atom is 0.247 e. The van der Waals surface area contributed by atoms with E-state index in [0.29, 0.717) is 5.69 Å². The van der Waals surface area contributed by atoms with E-state index < -0.39 is 29.5 Å². The lowest BCUT2D eigenvalue weighted by Crippen LogP contribution is -2.56. The third kappa shape index (κ3) is 4.02. The van der Waals surface area contributed by atoms with Crippen LogP contribution >= 0.6 is 0 Å². The van der Waals surface area contributed by atoms with Gasteiger partial charge in [0.25, 0.3) is 0 Å². The Labute approximate surface area is 167 Å². The van der Waals surface area contributed by atoms with Crippen LogP contribution in [0.15, 0.2) is 84.9 Å². The lowest BCUT2D eigenvalue weighted by Gasteiger charge is -2.38. The van der Waals surface area contributed by atoms with Gasteiger partial charge in [0, 0.05) is 11.6 Å². The number of hydrazine groups is 1. The largest absolute Gasteiger partial charge is 0.325 e. The van der Waals surface area contributed by atoms with Crippen LogP contribution in [-0.2, 0) is 9.59 Å². The molecule has 3 aromatic carbocycles. The first-order valence-electron chi connectivity index (χ1n) is 9.35. The van der Waals surface area contributed by atoms with Gasteiger partial charge in [-0.05, 0) is 35.4 Å². The van der Waals surface area contributed by atoms with Crippen LogP contribution in [0, 0.1) is 11.7 Å². The molecule has 29 heavy (non-hydrogen) atoms. The van der Waals surface area contributed by atoms with Crippen molar-refractivity contribution in [2.45, 2.75) is 12.0 Å². The second-order valence-corrected chi connectivity index (χ2v) is 6.93. The molecule has 3 atom stereocenters. The topological polar surface area (TPSA) is 70.2 Å². The van der Waals surface area contributed by atoms with Crippen LogP contribution in [0.4, 0.5) is 10.1 Å². The number of carbonyl (C=O) groups is 2. The van der Waals surface area contributed by atoms with E-state index in [1.54, 1.807) is 0 Å². The van der Waals surface area contributed by atoms with Gasteiger partial charge in [-0.3, -0.25) is 15.0 Å². The van der Waals surface area contributed by atoms with E-state index in [-0.39, 0.29) is 6.04 Å². The van der Waals surface area contributed by atoms with Gasteiger partial charge in [0.05, 0.1) is 6.04 Å². The lowest BCUT2D eigenvalue weighted by molar-refractivity contribution is -0.137. The highest BCUT2D eigenvalue weighted by molar-refractivity contribution is 6.07. The number of hydrogen-bond donors (Lipinski definition) is 3. The summed E-state index contributed by atoms with van der Waals surface area (Å²) in [6, 6.07) is 24.4. The molecule has 3 N–H and O–H groups in total. The first kappa shape index (κ1) is 18.8. The van der Waals surface area contributed by atoms with Crippen LogP contribution in [-0.4, -0.2) is 11.8 Å². The molecule has 0 aliphatic carbocycles. The number of nitrogens with one attached hydrogen (secondary N) is 3. The van der Waals surface area contributed by atoms with Gasteiger partial charge < -0.3 is 5.32 Å². The number of amides is 2. The van der Waals surface area contributed by atoms with Crippen LogP contribution in [0.3, 0.4) is 0 Å². The third-order valence-corrected chi connectivity index (χ3v) is 5.09. The second-order valence-electron chi connectivity index (χ2n) is 6.93. The van der Waals surface area contributed by atoms with Crippen molar-refractivity contribution in [3.63, 3.8) is 0 Å². The number of halogens is 1. The molecule has 0 aromatic heterocycles. The normalized spacial score (nSPS) is 21.3. The van der Waals surface area contributed by atoms with Crippen molar-refractivity contribution >= 4 is 17.5 Å². The fraction of sp³-hybridized carbons (Fsp3) is 0.130. The molecular formula is C23H20FN3O2. The smallest absolute Gasteiger partial charge is 0.247 e. The third-order valence-electron chi connectivity index (χ3n) is 5.09. The molecule has 3 unspecified atom stereocenters. The van der Waals surface area contributed by atoms with Crippen molar-refractivity contribution in [2.24, 2.45) is 5.92 Å². The van der Waals surface area contributed by atoms with Gasteiger partial charge in [-0.25, -0.2) is 9.82 Å². The maximum absolute atomic E-state index is 13.2. The minimum absolute atomic E-state index is 0.291. The first-order valence-corrected chi connectivity index (χ1v) is 9.35. The van der Waals surface area contributed by atoms with Gasteiger partial charge in [0.1, 0.15) is 11.7 Å². The zero-order valence-electron chi connectivity index (χ0n) is 15.5. The van der Waals surface area contributed by atoms with E-state index in [1.165, 1.54) is 24.3 Å². The van der Waals surface area contributed by atoms with E-state index in [2.05, 4.69) is 16.2 Å².